The molecule has 3 heteroatoms. The Balaban J connectivity index is 2.64. The number of rotatable bonds is 6. The molecule has 0 atom stereocenters. The van der Waals surface area contributed by atoms with Crippen molar-refractivity contribution in [2.75, 3.05) is 13.6 Å². The zero-order chi connectivity index (χ0) is 13.8. The van der Waals surface area contributed by atoms with Crippen LogP contribution in [0.4, 0.5) is 0 Å². The number of nitrogens with zero attached hydrogens (tertiary/aromatic N) is 1. The molecule has 102 valence electrons. The topological polar surface area (TPSA) is 38.5 Å². The van der Waals surface area contributed by atoms with Gasteiger partial charge in [0.25, 0.3) is 0 Å². The van der Waals surface area contributed by atoms with E-state index in [0.717, 1.165) is 12.3 Å². The highest BCUT2D eigenvalue weighted by Crippen LogP contribution is 2.18. The smallest absolute Gasteiger partial charge is 0.119 e. The summed E-state index contributed by atoms with van der Waals surface area (Å²) in [6.07, 6.45) is 0.217. The Labute approximate surface area is 111 Å². The van der Waals surface area contributed by atoms with E-state index in [1.807, 2.05) is 26.0 Å². The van der Waals surface area contributed by atoms with Gasteiger partial charge in [-0.25, -0.2) is 0 Å². The molecule has 0 bridgehead atoms. The highest BCUT2D eigenvalue weighted by Gasteiger charge is 2.21. The standard InChI is InChI=1S/C15H26N2O/c1-12(2)18-14-8-6-13(7-9-14)10-17(5)15(3,4)11-16/h6-9,12H,10-11,16H2,1-5H3. The number of ether oxygens (including phenoxy) is 1. The van der Waals surface area contributed by atoms with Gasteiger partial charge in [-0.15, -0.1) is 0 Å². The molecule has 3 nitrogen and oxygen atoms in total. The second-order valence-electron chi connectivity index (χ2n) is 5.68. The highest BCUT2D eigenvalue weighted by atomic mass is 16.5. The van der Waals surface area contributed by atoms with E-state index < -0.39 is 0 Å². The summed E-state index contributed by atoms with van der Waals surface area (Å²) in [7, 11) is 2.10. The minimum absolute atomic E-state index is 0.0209. The van der Waals surface area contributed by atoms with E-state index in [1.54, 1.807) is 0 Å². The van der Waals surface area contributed by atoms with E-state index in [2.05, 4.69) is 37.9 Å². The third-order valence-electron chi connectivity index (χ3n) is 3.25. The Morgan fingerprint density at radius 2 is 1.78 bits per heavy atom. The van der Waals surface area contributed by atoms with Crippen molar-refractivity contribution in [3.8, 4) is 5.75 Å². The van der Waals surface area contributed by atoms with Crippen LogP contribution in [0.5, 0.6) is 5.75 Å². The lowest BCUT2D eigenvalue weighted by molar-refractivity contribution is 0.155. The maximum absolute atomic E-state index is 5.78. The van der Waals surface area contributed by atoms with Gasteiger partial charge in [-0.2, -0.15) is 0 Å². The van der Waals surface area contributed by atoms with Gasteiger partial charge in [0.2, 0.25) is 0 Å². The van der Waals surface area contributed by atoms with Crippen molar-refractivity contribution in [1.82, 2.24) is 4.90 Å². The number of nitrogens with two attached hydrogens (primary N) is 1. The van der Waals surface area contributed by atoms with Gasteiger partial charge in [0.05, 0.1) is 6.10 Å². The maximum Gasteiger partial charge on any atom is 0.119 e. The van der Waals surface area contributed by atoms with E-state index >= 15 is 0 Å². The van der Waals surface area contributed by atoms with Crippen LogP contribution in [0, 0.1) is 0 Å². The maximum atomic E-state index is 5.78. The van der Waals surface area contributed by atoms with Crippen LogP contribution in [0.3, 0.4) is 0 Å². The number of benzene rings is 1. The molecule has 1 aromatic carbocycles. The zero-order valence-corrected chi connectivity index (χ0v) is 12.2. The molecule has 0 heterocycles. The van der Waals surface area contributed by atoms with Gasteiger partial charge >= 0.3 is 0 Å². The lowest BCUT2D eigenvalue weighted by Gasteiger charge is -2.34. The monoisotopic (exact) mass is 250 g/mol. The molecule has 0 unspecified atom stereocenters. The van der Waals surface area contributed by atoms with E-state index in [-0.39, 0.29) is 11.6 Å². The van der Waals surface area contributed by atoms with Crippen LogP contribution >= 0.6 is 0 Å². The molecule has 1 aromatic rings. The summed E-state index contributed by atoms with van der Waals surface area (Å²) in [6, 6.07) is 8.28. The van der Waals surface area contributed by atoms with Gasteiger partial charge in [-0.3, -0.25) is 4.90 Å². The lowest BCUT2D eigenvalue weighted by Crippen LogP contribution is -2.46. The average Bonchev–Trinajstić information content (AvgIpc) is 2.31. The predicted octanol–water partition coefficient (Wildman–Crippen LogP) is 2.64. The fourth-order valence-electron chi connectivity index (χ4n) is 1.59. The van der Waals surface area contributed by atoms with Crippen LogP contribution in [-0.4, -0.2) is 30.1 Å². The average molecular weight is 250 g/mol. The minimum atomic E-state index is 0.0209. The first-order valence-electron chi connectivity index (χ1n) is 6.52. The molecule has 1 rings (SSSR count). The Bertz CT molecular complexity index is 357. The second kappa shape index (κ2) is 6.21. The fourth-order valence-corrected chi connectivity index (χ4v) is 1.59. The van der Waals surface area contributed by atoms with Crippen molar-refractivity contribution in [3.63, 3.8) is 0 Å². The van der Waals surface area contributed by atoms with Crippen molar-refractivity contribution < 1.29 is 4.74 Å². The minimum Gasteiger partial charge on any atom is -0.491 e. The second-order valence-corrected chi connectivity index (χ2v) is 5.68. The van der Waals surface area contributed by atoms with Crippen LogP contribution in [0.25, 0.3) is 0 Å². The molecular formula is C15H26N2O. The molecule has 0 spiro atoms. The summed E-state index contributed by atoms with van der Waals surface area (Å²) in [5.41, 5.74) is 7.07. The van der Waals surface area contributed by atoms with Crippen LogP contribution in [0.15, 0.2) is 24.3 Å². The molecule has 0 aliphatic carbocycles. The Kier molecular flexibility index (Phi) is 5.17. The third-order valence-corrected chi connectivity index (χ3v) is 3.25. The SMILES string of the molecule is CC(C)Oc1ccc(CN(C)C(C)(C)CN)cc1. The van der Waals surface area contributed by atoms with Gasteiger partial charge in [0.1, 0.15) is 5.75 Å². The van der Waals surface area contributed by atoms with Gasteiger partial charge in [0, 0.05) is 18.6 Å². The molecule has 0 fully saturated rings. The molecule has 0 aliphatic heterocycles. The third kappa shape index (κ3) is 4.31. The predicted molar refractivity (Wildman–Crippen MR) is 76.8 cm³/mol. The van der Waals surface area contributed by atoms with E-state index in [1.165, 1.54) is 5.56 Å². The van der Waals surface area contributed by atoms with Crippen molar-refractivity contribution in [3.05, 3.63) is 29.8 Å². The fraction of sp³-hybridized carbons (Fsp3) is 0.600. The Morgan fingerprint density at radius 1 is 1.22 bits per heavy atom. The number of hydrogen-bond donors (Lipinski definition) is 1. The molecule has 0 saturated heterocycles. The van der Waals surface area contributed by atoms with Crippen LogP contribution in [0.2, 0.25) is 0 Å². The van der Waals surface area contributed by atoms with Gasteiger partial charge < -0.3 is 10.5 Å². The first-order chi connectivity index (χ1) is 8.35. The molecular weight excluding hydrogens is 224 g/mol. The summed E-state index contributed by atoms with van der Waals surface area (Å²) in [5.74, 6) is 0.925. The quantitative estimate of drug-likeness (QED) is 0.843. The van der Waals surface area contributed by atoms with Gasteiger partial charge in [-0.05, 0) is 52.4 Å². The van der Waals surface area contributed by atoms with E-state index in [9.17, 15) is 0 Å². The van der Waals surface area contributed by atoms with Crippen LogP contribution in [-0.2, 0) is 6.54 Å². The van der Waals surface area contributed by atoms with Crippen LogP contribution in [0.1, 0.15) is 33.3 Å². The van der Waals surface area contributed by atoms with Crippen LogP contribution < -0.4 is 10.5 Å². The highest BCUT2D eigenvalue weighted by molar-refractivity contribution is 5.27. The molecule has 2 N–H and O–H groups in total. The number of likely N-dealkylation sites (N-methyl/N-ethyl adjacent to an activating group) is 1. The molecule has 0 aromatic heterocycles. The largest absolute Gasteiger partial charge is 0.491 e. The summed E-state index contributed by atoms with van der Waals surface area (Å²) in [6.45, 7) is 9.92. The zero-order valence-electron chi connectivity index (χ0n) is 12.2. The molecule has 0 radical (unpaired) electrons. The summed E-state index contributed by atoms with van der Waals surface area (Å²) in [4.78, 5) is 2.27. The summed E-state index contributed by atoms with van der Waals surface area (Å²) < 4.78 is 5.63. The van der Waals surface area contributed by atoms with Gasteiger partial charge in [-0.1, -0.05) is 12.1 Å². The normalized spacial score (nSPS) is 12.2. The van der Waals surface area contributed by atoms with Crippen molar-refractivity contribution in [2.45, 2.75) is 45.9 Å². The van der Waals surface area contributed by atoms with Crippen molar-refractivity contribution in [2.24, 2.45) is 5.73 Å². The first-order valence-corrected chi connectivity index (χ1v) is 6.52. The summed E-state index contributed by atoms with van der Waals surface area (Å²) in [5, 5.41) is 0. The Morgan fingerprint density at radius 3 is 2.22 bits per heavy atom. The lowest BCUT2D eigenvalue weighted by atomic mass is 10.0. The van der Waals surface area contributed by atoms with E-state index in [0.29, 0.717) is 6.54 Å². The van der Waals surface area contributed by atoms with Crippen molar-refractivity contribution >= 4 is 0 Å². The summed E-state index contributed by atoms with van der Waals surface area (Å²) >= 11 is 0. The first kappa shape index (κ1) is 15.0. The molecule has 0 aliphatic rings. The molecule has 0 amide bonds. The van der Waals surface area contributed by atoms with Crippen molar-refractivity contribution in [1.29, 1.82) is 0 Å². The molecule has 0 saturated carbocycles. The Hall–Kier alpha value is -1.06. The van der Waals surface area contributed by atoms with Gasteiger partial charge in [0.15, 0.2) is 0 Å². The number of hydrogen-bond acceptors (Lipinski definition) is 3. The molecule has 18 heavy (non-hydrogen) atoms. The van der Waals surface area contributed by atoms with E-state index in [4.69, 9.17) is 10.5 Å².